The van der Waals surface area contributed by atoms with E-state index in [4.69, 9.17) is 0 Å². The third-order valence-electron chi connectivity index (χ3n) is 3.55. The lowest BCUT2D eigenvalue weighted by Gasteiger charge is -2.34. The number of benzene rings is 1. The average Bonchev–Trinajstić information content (AvgIpc) is 2.18. The minimum absolute atomic E-state index is 0.183. The second-order valence-corrected chi connectivity index (χ2v) is 5.65. The maximum absolute atomic E-state index is 10.3. The molecule has 0 bridgehead atoms. The summed E-state index contributed by atoms with van der Waals surface area (Å²) in [5.74, 6) is 0. The van der Waals surface area contributed by atoms with E-state index in [0.717, 1.165) is 10.0 Å². The van der Waals surface area contributed by atoms with Gasteiger partial charge < -0.3 is 9.59 Å². The van der Waals surface area contributed by atoms with Crippen LogP contribution in [0.2, 0.25) is 0 Å². The zero-order chi connectivity index (χ0) is 12.5. The molecule has 1 N–H and O–H groups in total. The molecule has 90 valence electrons. The minimum Gasteiger partial charge on any atom is -0.382 e. The molecule has 0 heterocycles. The van der Waals surface area contributed by atoms with Crippen molar-refractivity contribution in [1.82, 2.24) is 0 Å². The van der Waals surface area contributed by atoms with E-state index in [-0.39, 0.29) is 6.04 Å². The highest BCUT2D eigenvalue weighted by Gasteiger charge is 2.27. The van der Waals surface area contributed by atoms with Gasteiger partial charge in [0, 0.05) is 0 Å². The normalized spacial score (nSPS) is 15.9. The average molecular weight is 222 g/mol. The lowest BCUT2D eigenvalue weighted by molar-refractivity contribution is -0.898. The van der Waals surface area contributed by atoms with Crippen LogP contribution in [0, 0.1) is 13.8 Å². The van der Waals surface area contributed by atoms with E-state index < -0.39 is 6.10 Å². The number of hydrogen-bond acceptors (Lipinski definition) is 1. The molecule has 2 unspecified atom stereocenters. The number of likely N-dealkylation sites (N-methyl/N-ethyl adjacent to an activating group) is 1. The Morgan fingerprint density at radius 1 is 1.06 bits per heavy atom. The Balaban J connectivity index is 2.97. The van der Waals surface area contributed by atoms with Crippen LogP contribution in [0.3, 0.4) is 0 Å². The second-order valence-electron chi connectivity index (χ2n) is 5.65. The van der Waals surface area contributed by atoms with Crippen molar-refractivity contribution in [1.29, 1.82) is 0 Å². The molecule has 0 aliphatic heterocycles. The van der Waals surface area contributed by atoms with Crippen LogP contribution in [0.25, 0.3) is 0 Å². The molecule has 2 heteroatoms. The van der Waals surface area contributed by atoms with Crippen LogP contribution in [-0.2, 0) is 0 Å². The third kappa shape index (κ3) is 2.83. The van der Waals surface area contributed by atoms with E-state index in [0.29, 0.717) is 0 Å². The van der Waals surface area contributed by atoms with Gasteiger partial charge in [0.1, 0.15) is 12.1 Å². The van der Waals surface area contributed by atoms with Crippen LogP contribution < -0.4 is 0 Å². The van der Waals surface area contributed by atoms with E-state index >= 15 is 0 Å². The van der Waals surface area contributed by atoms with E-state index in [9.17, 15) is 5.11 Å². The predicted octanol–water partition coefficient (Wildman–Crippen LogP) is 2.43. The van der Waals surface area contributed by atoms with Crippen molar-refractivity contribution >= 4 is 0 Å². The summed E-state index contributed by atoms with van der Waals surface area (Å²) in [5, 5.41) is 10.3. The molecule has 0 fully saturated rings. The van der Waals surface area contributed by atoms with Crippen LogP contribution in [0.4, 0.5) is 0 Å². The first-order chi connectivity index (χ1) is 7.23. The van der Waals surface area contributed by atoms with E-state index in [1.165, 1.54) is 11.1 Å². The summed E-state index contributed by atoms with van der Waals surface area (Å²) < 4.78 is 0.758. The standard InChI is InChI=1S/C14H24NO/c1-10-7-8-13(9-11(10)2)14(16)12(3)15(4,5)6/h7-9,12,14,16H,1-6H3/q+1. The van der Waals surface area contributed by atoms with Crippen molar-refractivity contribution in [3.05, 3.63) is 34.9 Å². The zero-order valence-electron chi connectivity index (χ0n) is 11.3. The molecule has 1 aromatic rings. The van der Waals surface area contributed by atoms with Crippen molar-refractivity contribution in [2.75, 3.05) is 21.1 Å². The summed E-state index contributed by atoms with van der Waals surface area (Å²) in [6.45, 7) is 6.26. The summed E-state index contributed by atoms with van der Waals surface area (Å²) in [7, 11) is 6.32. The van der Waals surface area contributed by atoms with Gasteiger partial charge in [-0.05, 0) is 37.5 Å². The fourth-order valence-electron chi connectivity index (χ4n) is 1.65. The molecular formula is C14H24NO+. The fraction of sp³-hybridized carbons (Fsp3) is 0.571. The maximum atomic E-state index is 10.3. The molecule has 0 spiro atoms. The molecule has 0 radical (unpaired) electrons. The van der Waals surface area contributed by atoms with Crippen molar-refractivity contribution in [2.24, 2.45) is 0 Å². The second kappa shape index (κ2) is 4.56. The molecule has 16 heavy (non-hydrogen) atoms. The largest absolute Gasteiger partial charge is 0.382 e. The molecular weight excluding hydrogens is 198 g/mol. The van der Waals surface area contributed by atoms with Gasteiger partial charge in [-0.25, -0.2) is 0 Å². The topological polar surface area (TPSA) is 20.2 Å². The third-order valence-corrected chi connectivity index (χ3v) is 3.55. The molecule has 0 aliphatic carbocycles. The summed E-state index contributed by atoms with van der Waals surface area (Å²) in [6.07, 6.45) is -0.403. The Bertz CT molecular complexity index is 365. The number of aryl methyl sites for hydroxylation is 2. The van der Waals surface area contributed by atoms with Gasteiger partial charge in [-0.2, -0.15) is 0 Å². The van der Waals surface area contributed by atoms with E-state index in [1.807, 2.05) is 6.07 Å². The van der Waals surface area contributed by atoms with Gasteiger partial charge in [-0.1, -0.05) is 18.2 Å². The Labute approximate surface area is 99.1 Å². The summed E-state index contributed by atoms with van der Waals surface area (Å²) >= 11 is 0. The molecule has 0 amide bonds. The van der Waals surface area contributed by atoms with Gasteiger partial charge in [0.25, 0.3) is 0 Å². The number of hydrogen-bond donors (Lipinski definition) is 1. The zero-order valence-corrected chi connectivity index (χ0v) is 11.3. The van der Waals surface area contributed by atoms with Gasteiger partial charge in [-0.15, -0.1) is 0 Å². The van der Waals surface area contributed by atoms with E-state index in [2.05, 4.69) is 54.0 Å². The summed E-state index contributed by atoms with van der Waals surface area (Å²) in [5.41, 5.74) is 3.53. The first-order valence-corrected chi connectivity index (χ1v) is 5.80. The molecule has 2 nitrogen and oxygen atoms in total. The Kier molecular flexibility index (Phi) is 3.76. The number of aliphatic hydroxyl groups excluding tert-OH is 1. The van der Waals surface area contributed by atoms with E-state index in [1.54, 1.807) is 0 Å². The number of rotatable bonds is 3. The van der Waals surface area contributed by atoms with Crippen molar-refractivity contribution in [2.45, 2.75) is 32.9 Å². The summed E-state index contributed by atoms with van der Waals surface area (Å²) in [4.78, 5) is 0. The Morgan fingerprint density at radius 2 is 1.62 bits per heavy atom. The summed E-state index contributed by atoms with van der Waals surface area (Å²) in [6, 6.07) is 6.38. The molecule has 1 rings (SSSR count). The van der Waals surface area contributed by atoms with Crippen molar-refractivity contribution < 1.29 is 9.59 Å². The monoisotopic (exact) mass is 222 g/mol. The number of nitrogens with zero attached hydrogens (tertiary/aromatic N) is 1. The Hall–Kier alpha value is -0.860. The lowest BCUT2D eigenvalue weighted by atomic mass is 9.98. The highest BCUT2D eigenvalue weighted by atomic mass is 16.3. The van der Waals surface area contributed by atoms with Gasteiger partial charge >= 0.3 is 0 Å². The van der Waals surface area contributed by atoms with Crippen LogP contribution in [0.15, 0.2) is 18.2 Å². The van der Waals surface area contributed by atoms with Gasteiger partial charge in [0.15, 0.2) is 0 Å². The van der Waals surface area contributed by atoms with Gasteiger partial charge in [0.2, 0.25) is 0 Å². The molecule has 2 atom stereocenters. The molecule has 0 saturated heterocycles. The number of quaternary nitrogens is 1. The van der Waals surface area contributed by atoms with Crippen molar-refractivity contribution in [3.8, 4) is 0 Å². The smallest absolute Gasteiger partial charge is 0.130 e. The minimum atomic E-state index is -0.403. The van der Waals surface area contributed by atoms with Crippen LogP contribution >= 0.6 is 0 Å². The molecule has 1 aromatic carbocycles. The van der Waals surface area contributed by atoms with Crippen molar-refractivity contribution in [3.63, 3.8) is 0 Å². The molecule has 0 aromatic heterocycles. The first-order valence-electron chi connectivity index (χ1n) is 5.80. The van der Waals surface area contributed by atoms with Gasteiger partial charge in [0.05, 0.1) is 21.1 Å². The molecule has 0 aliphatic rings. The van der Waals surface area contributed by atoms with Crippen LogP contribution in [0.5, 0.6) is 0 Å². The highest BCUT2D eigenvalue weighted by Crippen LogP contribution is 2.24. The molecule has 0 saturated carbocycles. The first kappa shape index (κ1) is 13.2. The SMILES string of the molecule is Cc1ccc(C(O)C(C)[N+](C)(C)C)cc1C. The van der Waals surface area contributed by atoms with Crippen LogP contribution in [-0.4, -0.2) is 36.8 Å². The quantitative estimate of drug-likeness (QED) is 0.779. The van der Waals surface area contributed by atoms with Crippen LogP contribution in [0.1, 0.15) is 29.7 Å². The lowest BCUT2D eigenvalue weighted by Crippen LogP contribution is -2.46. The maximum Gasteiger partial charge on any atom is 0.130 e. The number of aliphatic hydroxyl groups is 1. The Morgan fingerprint density at radius 3 is 2.06 bits per heavy atom. The predicted molar refractivity (Wildman–Crippen MR) is 68.4 cm³/mol. The fourth-order valence-corrected chi connectivity index (χ4v) is 1.65. The van der Waals surface area contributed by atoms with Gasteiger partial charge in [-0.3, -0.25) is 0 Å². The highest BCUT2D eigenvalue weighted by molar-refractivity contribution is 5.31.